The van der Waals surface area contributed by atoms with Gasteiger partial charge < -0.3 is 14.8 Å². The molecule has 1 heterocycles. The van der Waals surface area contributed by atoms with Crippen LogP contribution in [0.15, 0.2) is 48.5 Å². The summed E-state index contributed by atoms with van der Waals surface area (Å²) in [5.41, 5.74) is 2.88. The number of ether oxygens (including phenoxy) is 2. The Bertz CT molecular complexity index is 985. The average molecular weight is 378 g/mol. The Morgan fingerprint density at radius 2 is 1.96 bits per heavy atom. The van der Waals surface area contributed by atoms with Crippen molar-refractivity contribution in [2.24, 2.45) is 0 Å². The summed E-state index contributed by atoms with van der Waals surface area (Å²) in [7, 11) is 0. The Balaban J connectivity index is 1.78. The van der Waals surface area contributed by atoms with Gasteiger partial charge in [0, 0.05) is 18.4 Å². The van der Waals surface area contributed by atoms with Gasteiger partial charge in [0.05, 0.1) is 18.2 Å². The first kappa shape index (κ1) is 19.7. The molecule has 3 aromatic rings. The molecule has 2 aromatic carbocycles. The number of aryl methyl sites for hydroxylation is 1. The van der Waals surface area contributed by atoms with Crippen molar-refractivity contribution in [1.29, 1.82) is 0 Å². The van der Waals surface area contributed by atoms with E-state index in [4.69, 9.17) is 9.47 Å². The van der Waals surface area contributed by atoms with Crippen molar-refractivity contribution >= 4 is 16.8 Å². The van der Waals surface area contributed by atoms with Gasteiger partial charge in [-0.05, 0) is 67.8 Å². The second-order valence-electron chi connectivity index (χ2n) is 6.90. The molecular formula is C23H26N2O3. The third-order valence-electron chi connectivity index (χ3n) is 4.44. The van der Waals surface area contributed by atoms with Crippen LogP contribution >= 0.6 is 0 Å². The molecule has 5 heteroatoms. The molecule has 0 saturated carbocycles. The molecule has 1 amide bonds. The predicted molar refractivity (Wildman–Crippen MR) is 111 cm³/mol. The van der Waals surface area contributed by atoms with Gasteiger partial charge >= 0.3 is 0 Å². The number of carbonyl (C=O) groups excluding carboxylic acids is 1. The van der Waals surface area contributed by atoms with Gasteiger partial charge in [-0.2, -0.15) is 0 Å². The highest BCUT2D eigenvalue weighted by Gasteiger charge is 2.09. The molecular weight excluding hydrogens is 352 g/mol. The molecule has 0 aliphatic heterocycles. The number of pyridine rings is 1. The molecule has 0 aliphatic rings. The van der Waals surface area contributed by atoms with Crippen molar-refractivity contribution < 1.29 is 14.3 Å². The van der Waals surface area contributed by atoms with Gasteiger partial charge in [-0.15, -0.1) is 0 Å². The van der Waals surface area contributed by atoms with E-state index in [0.717, 1.165) is 39.9 Å². The van der Waals surface area contributed by atoms with E-state index in [1.807, 2.05) is 62.4 Å². The minimum atomic E-state index is -0.0473. The topological polar surface area (TPSA) is 60.5 Å². The van der Waals surface area contributed by atoms with Crippen LogP contribution in [-0.4, -0.2) is 17.5 Å². The average Bonchev–Trinajstić information content (AvgIpc) is 2.67. The molecule has 0 aliphatic carbocycles. The van der Waals surface area contributed by atoms with Crippen LogP contribution in [0.1, 0.15) is 44.4 Å². The highest BCUT2D eigenvalue weighted by atomic mass is 16.5. The summed E-state index contributed by atoms with van der Waals surface area (Å²) in [6.07, 6.45) is 0.976. The van der Waals surface area contributed by atoms with Crippen LogP contribution in [0.2, 0.25) is 0 Å². The van der Waals surface area contributed by atoms with Gasteiger partial charge in [0.15, 0.2) is 0 Å². The zero-order valence-electron chi connectivity index (χ0n) is 16.8. The first-order chi connectivity index (χ1) is 13.5. The van der Waals surface area contributed by atoms with Crippen LogP contribution in [0.4, 0.5) is 0 Å². The monoisotopic (exact) mass is 378 g/mol. The van der Waals surface area contributed by atoms with Gasteiger partial charge in [-0.25, -0.2) is 4.98 Å². The maximum Gasteiger partial charge on any atom is 0.219 e. The lowest BCUT2D eigenvalue weighted by Crippen LogP contribution is -2.23. The van der Waals surface area contributed by atoms with Crippen molar-refractivity contribution in [2.75, 3.05) is 6.61 Å². The van der Waals surface area contributed by atoms with E-state index in [-0.39, 0.29) is 11.9 Å². The second kappa shape index (κ2) is 8.74. The number of nitrogens with one attached hydrogen (secondary N) is 1. The number of benzene rings is 2. The molecule has 1 atom stereocenters. The van der Waals surface area contributed by atoms with Gasteiger partial charge in [0.1, 0.15) is 11.5 Å². The number of hydrogen-bond donors (Lipinski definition) is 1. The summed E-state index contributed by atoms with van der Waals surface area (Å²) in [4.78, 5) is 15.9. The molecule has 5 nitrogen and oxygen atoms in total. The fraction of sp³-hybridized carbons (Fsp3) is 0.304. The number of nitrogens with zero attached hydrogens (tertiary/aromatic N) is 1. The van der Waals surface area contributed by atoms with Gasteiger partial charge in [0.25, 0.3) is 0 Å². The first-order valence-corrected chi connectivity index (χ1v) is 9.55. The van der Waals surface area contributed by atoms with Gasteiger partial charge in [-0.1, -0.05) is 13.0 Å². The number of aromatic nitrogens is 1. The zero-order chi connectivity index (χ0) is 20.1. The highest BCUT2D eigenvalue weighted by Crippen LogP contribution is 2.29. The van der Waals surface area contributed by atoms with E-state index in [9.17, 15) is 4.79 Å². The van der Waals surface area contributed by atoms with Crippen LogP contribution in [0.25, 0.3) is 10.9 Å². The van der Waals surface area contributed by atoms with Crippen molar-refractivity contribution in [3.8, 4) is 17.4 Å². The Morgan fingerprint density at radius 3 is 2.68 bits per heavy atom. The maximum atomic E-state index is 11.3. The molecule has 0 fully saturated rings. The van der Waals surface area contributed by atoms with Crippen LogP contribution in [0.3, 0.4) is 0 Å². The Kier molecular flexibility index (Phi) is 6.14. The molecule has 3 rings (SSSR count). The van der Waals surface area contributed by atoms with E-state index in [1.54, 1.807) is 0 Å². The Labute approximate surface area is 165 Å². The molecule has 0 saturated heterocycles. The molecule has 1 aromatic heterocycles. The minimum absolute atomic E-state index is 0.0454. The van der Waals surface area contributed by atoms with Crippen molar-refractivity contribution in [1.82, 2.24) is 10.3 Å². The number of hydrogen-bond acceptors (Lipinski definition) is 4. The lowest BCUT2D eigenvalue weighted by atomic mass is 10.1. The fourth-order valence-corrected chi connectivity index (χ4v) is 3.00. The molecule has 28 heavy (non-hydrogen) atoms. The minimum Gasteiger partial charge on any atom is -0.494 e. The van der Waals surface area contributed by atoms with Crippen LogP contribution in [0.5, 0.6) is 17.4 Å². The van der Waals surface area contributed by atoms with E-state index < -0.39 is 0 Å². The van der Waals surface area contributed by atoms with E-state index in [2.05, 4.69) is 17.2 Å². The maximum absolute atomic E-state index is 11.3. The summed E-state index contributed by atoms with van der Waals surface area (Å²) in [5, 5.41) is 3.90. The van der Waals surface area contributed by atoms with Gasteiger partial charge in [-0.3, -0.25) is 4.79 Å². The predicted octanol–water partition coefficient (Wildman–Crippen LogP) is 5.32. The number of carbonyl (C=O) groups is 1. The third kappa shape index (κ3) is 4.80. The molecule has 0 radical (unpaired) electrons. The number of rotatable bonds is 7. The third-order valence-corrected chi connectivity index (χ3v) is 4.44. The standard InChI is InChI=1S/C23H26N2O3/c1-5-12-27-20-8-10-22(15(2)13-20)28-23-11-7-19-14-18(6-9-21(19)25-23)16(3)24-17(4)26/h6-11,13-14,16H,5,12H2,1-4H3,(H,24,26). The van der Waals surface area contributed by atoms with E-state index in [1.165, 1.54) is 6.92 Å². The Morgan fingerprint density at radius 1 is 1.14 bits per heavy atom. The lowest BCUT2D eigenvalue weighted by Gasteiger charge is -2.14. The van der Waals surface area contributed by atoms with Gasteiger partial charge in [0.2, 0.25) is 11.8 Å². The molecule has 146 valence electrons. The largest absolute Gasteiger partial charge is 0.494 e. The summed E-state index contributed by atoms with van der Waals surface area (Å²) < 4.78 is 11.6. The molecule has 0 bridgehead atoms. The molecule has 0 spiro atoms. The number of amides is 1. The van der Waals surface area contributed by atoms with E-state index in [0.29, 0.717) is 12.5 Å². The van der Waals surface area contributed by atoms with Crippen LogP contribution in [-0.2, 0) is 4.79 Å². The molecule has 1 unspecified atom stereocenters. The Hall–Kier alpha value is -3.08. The van der Waals surface area contributed by atoms with E-state index >= 15 is 0 Å². The zero-order valence-corrected chi connectivity index (χ0v) is 16.8. The number of fused-ring (bicyclic) bond motifs is 1. The quantitative estimate of drug-likeness (QED) is 0.604. The van der Waals surface area contributed by atoms with Crippen LogP contribution in [0, 0.1) is 6.92 Å². The van der Waals surface area contributed by atoms with Crippen molar-refractivity contribution in [3.63, 3.8) is 0 Å². The summed E-state index contributed by atoms with van der Waals surface area (Å²) >= 11 is 0. The highest BCUT2D eigenvalue weighted by molar-refractivity contribution is 5.80. The fourth-order valence-electron chi connectivity index (χ4n) is 3.00. The lowest BCUT2D eigenvalue weighted by molar-refractivity contribution is -0.119. The summed E-state index contributed by atoms with van der Waals surface area (Å²) in [6.45, 7) is 8.26. The molecule has 1 N–H and O–H groups in total. The summed E-state index contributed by atoms with van der Waals surface area (Å²) in [6, 6.07) is 15.5. The van der Waals surface area contributed by atoms with Crippen molar-refractivity contribution in [2.45, 2.75) is 40.2 Å². The second-order valence-corrected chi connectivity index (χ2v) is 6.90. The normalized spacial score (nSPS) is 11.9. The summed E-state index contributed by atoms with van der Waals surface area (Å²) in [5.74, 6) is 2.10. The van der Waals surface area contributed by atoms with Crippen molar-refractivity contribution in [3.05, 3.63) is 59.7 Å². The smallest absolute Gasteiger partial charge is 0.219 e. The SMILES string of the molecule is CCCOc1ccc(Oc2ccc3cc(C(C)NC(C)=O)ccc3n2)c(C)c1. The first-order valence-electron chi connectivity index (χ1n) is 9.55. The van der Waals surface area contributed by atoms with Crippen LogP contribution < -0.4 is 14.8 Å².